The number of carbonyl (C=O) groups is 2. The van der Waals surface area contributed by atoms with E-state index in [9.17, 15) is 9.59 Å². The fraction of sp³-hybridized carbons (Fsp3) is 0.0588. The largest absolute Gasteiger partial charge is 0.495 e. The summed E-state index contributed by atoms with van der Waals surface area (Å²) in [6, 6.07) is 9.52. The van der Waals surface area contributed by atoms with Crippen LogP contribution in [0.15, 0.2) is 46.6 Å². The summed E-state index contributed by atoms with van der Waals surface area (Å²) in [5.74, 6) is -0.0603. The zero-order valence-electron chi connectivity index (χ0n) is 12.0. The van der Waals surface area contributed by atoms with Gasteiger partial charge in [-0.05, 0) is 51.8 Å². The Hall–Kier alpha value is -2.60. The van der Waals surface area contributed by atoms with Crippen LogP contribution in [-0.4, -0.2) is 24.0 Å². The molecule has 0 unspecified atom stereocenters. The summed E-state index contributed by atoms with van der Waals surface area (Å²) in [5.41, 5.74) is 1.31. The highest BCUT2D eigenvalue weighted by Gasteiger charge is 2.30. The van der Waals surface area contributed by atoms with Gasteiger partial charge in [-0.1, -0.05) is 12.1 Å². The molecule has 6 heteroatoms. The third-order valence-electron chi connectivity index (χ3n) is 3.42. The van der Waals surface area contributed by atoms with Crippen LogP contribution < -0.4 is 9.47 Å². The predicted molar refractivity (Wildman–Crippen MR) is 87.0 cm³/mol. The van der Waals surface area contributed by atoms with Gasteiger partial charge < -0.3 is 14.6 Å². The molecule has 116 valence electrons. The van der Waals surface area contributed by atoms with Gasteiger partial charge in [0.2, 0.25) is 5.78 Å². The molecule has 1 N–H and O–H groups in total. The molecule has 0 aromatic heterocycles. The number of aromatic carboxylic acids is 1. The number of hydrogen-bond acceptors (Lipinski definition) is 4. The molecule has 0 fully saturated rings. The fourth-order valence-electron chi connectivity index (χ4n) is 2.23. The Balaban J connectivity index is 1.95. The maximum Gasteiger partial charge on any atom is 0.335 e. The Kier molecular flexibility index (Phi) is 3.92. The van der Waals surface area contributed by atoms with E-state index in [-0.39, 0.29) is 17.1 Å². The third kappa shape index (κ3) is 2.73. The molecule has 2 aromatic carbocycles. The second-order valence-corrected chi connectivity index (χ2v) is 5.62. The number of allylic oxidation sites excluding steroid dienone is 1. The van der Waals surface area contributed by atoms with Crippen molar-refractivity contribution in [2.75, 3.05) is 7.11 Å². The predicted octanol–water partition coefficient (Wildman–Crippen LogP) is 3.77. The van der Waals surface area contributed by atoms with Crippen LogP contribution in [0.2, 0.25) is 0 Å². The first kappa shape index (κ1) is 15.3. The Labute approximate surface area is 140 Å². The molecular weight excluding hydrogens is 364 g/mol. The van der Waals surface area contributed by atoms with Crippen molar-refractivity contribution in [3.05, 3.63) is 63.3 Å². The highest BCUT2D eigenvalue weighted by molar-refractivity contribution is 9.10. The topological polar surface area (TPSA) is 72.8 Å². The number of hydrogen-bond donors (Lipinski definition) is 1. The van der Waals surface area contributed by atoms with Crippen molar-refractivity contribution >= 4 is 33.8 Å². The second kappa shape index (κ2) is 5.89. The van der Waals surface area contributed by atoms with Gasteiger partial charge >= 0.3 is 5.97 Å². The molecule has 1 aliphatic heterocycles. The van der Waals surface area contributed by atoms with Crippen LogP contribution in [0.3, 0.4) is 0 Å². The van der Waals surface area contributed by atoms with Crippen molar-refractivity contribution < 1.29 is 24.2 Å². The van der Waals surface area contributed by atoms with Crippen LogP contribution >= 0.6 is 15.9 Å². The van der Waals surface area contributed by atoms with Gasteiger partial charge in [-0.2, -0.15) is 0 Å². The number of fused-ring (bicyclic) bond motifs is 1. The lowest BCUT2D eigenvalue weighted by molar-refractivity contribution is 0.0696. The van der Waals surface area contributed by atoms with E-state index in [2.05, 4.69) is 15.9 Å². The maximum atomic E-state index is 12.4. The molecule has 23 heavy (non-hydrogen) atoms. The number of benzene rings is 2. The third-order valence-corrected chi connectivity index (χ3v) is 4.17. The molecule has 5 nitrogen and oxygen atoms in total. The van der Waals surface area contributed by atoms with Gasteiger partial charge in [0.1, 0.15) is 10.2 Å². The summed E-state index contributed by atoms with van der Waals surface area (Å²) in [4.78, 5) is 23.2. The summed E-state index contributed by atoms with van der Waals surface area (Å²) < 4.78 is 11.4. The molecule has 2 aromatic rings. The number of methoxy groups -OCH3 is 1. The molecule has 0 bridgehead atoms. The lowest BCUT2D eigenvalue weighted by atomic mass is 10.1. The molecule has 0 atom stereocenters. The Bertz CT molecular complexity index is 837. The smallest absolute Gasteiger partial charge is 0.335 e. The Morgan fingerprint density at radius 3 is 2.52 bits per heavy atom. The zero-order chi connectivity index (χ0) is 16.6. The first-order valence-electron chi connectivity index (χ1n) is 6.65. The van der Waals surface area contributed by atoms with Crippen LogP contribution in [0.4, 0.5) is 0 Å². The zero-order valence-corrected chi connectivity index (χ0v) is 13.6. The van der Waals surface area contributed by atoms with Crippen LogP contribution in [0.5, 0.6) is 11.5 Å². The van der Waals surface area contributed by atoms with Gasteiger partial charge in [-0.15, -0.1) is 0 Å². The number of rotatable bonds is 3. The van der Waals surface area contributed by atoms with Crippen LogP contribution in [0.25, 0.3) is 6.08 Å². The van der Waals surface area contributed by atoms with E-state index < -0.39 is 5.97 Å². The lowest BCUT2D eigenvalue weighted by Crippen LogP contribution is -1.98. The number of carboxylic acids is 1. The highest BCUT2D eigenvalue weighted by atomic mass is 79.9. The van der Waals surface area contributed by atoms with Crippen molar-refractivity contribution in [2.24, 2.45) is 0 Å². The SMILES string of the molecule is COc1ccc2c(c1Br)O/C(=C\c1ccc(C(=O)O)cc1)C2=O. The summed E-state index contributed by atoms with van der Waals surface area (Å²) >= 11 is 3.36. The highest BCUT2D eigenvalue weighted by Crippen LogP contribution is 2.43. The summed E-state index contributed by atoms with van der Waals surface area (Å²) in [6.45, 7) is 0. The van der Waals surface area contributed by atoms with Crippen LogP contribution in [0, 0.1) is 0 Å². The number of Topliss-reactive ketones (excluding diaryl/α,β-unsaturated/α-hetero) is 1. The van der Waals surface area contributed by atoms with Crippen molar-refractivity contribution in [3.63, 3.8) is 0 Å². The van der Waals surface area contributed by atoms with Crippen molar-refractivity contribution in [3.8, 4) is 11.5 Å². The fourth-order valence-corrected chi connectivity index (χ4v) is 2.82. The molecular formula is C17H11BrO5. The van der Waals surface area contributed by atoms with Crippen LogP contribution in [-0.2, 0) is 0 Å². The molecule has 0 saturated carbocycles. The first-order valence-corrected chi connectivity index (χ1v) is 7.44. The summed E-state index contributed by atoms with van der Waals surface area (Å²) in [7, 11) is 1.53. The molecule has 0 aliphatic carbocycles. The number of halogens is 1. The average molecular weight is 375 g/mol. The normalized spacial score (nSPS) is 14.5. The lowest BCUT2D eigenvalue weighted by Gasteiger charge is -2.06. The van der Waals surface area contributed by atoms with Gasteiger partial charge in [0.25, 0.3) is 0 Å². The summed E-state index contributed by atoms with van der Waals surface area (Å²) in [5, 5.41) is 8.89. The number of ketones is 1. The standard InChI is InChI=1S/C17H11BrO5/c1-22-12-7-6-11-15(19)13(23-16(11)14(12)18)8-9-2-4-10(5-3-9)17(20)21/h2-8H,1H3,(H,20,21)/b13-8-. The van der Waals surface area contributed by atoms with Crippen molar-refractivity contribution in [2.45, 2.75) is 0 Å². The maximum absolute atomic E-state index is 12.4. The van der Waals surface area contributed by atoms with Gasteiger partial charge in [0.05, 0.1) is 18.2 Å². The quantitative estimate of drug-likeness (QED) is 0.827. The Morgan fingerprint density at radius 1 is 1.22 bits per heavy atom. The van der Waals surface area contributed by atoms with E-state index in [1.165, 1.54) is 19.2 Å². The molecule has 1 heterocycles. The molecule has 0 saturated heterocycles. The number of carbonyl (C=O) groups excluding carboxylic acids is 1. The minimum absolute atomic E-state index is 0.178. The number of ether oxygens (including phenoxy) is 2. The summed E-state index contributed by atoms with van der Waals surface area (Å²) in [6.07, 6.45) is 1.58. The second-order valence-electron chi connectivity index (χ2n) is 4.83. The molecule has 1 aliphatic rings. The van der Waals surface area contributed by atoms with Crippen LogP contribution in [0.1, 0.15) is 26.3 Å². The van der Waals surface area contributed by atoms with E-state index >= 15 is 0 Å². The van der Waals surface area contributed by atoms with Gasteiger partial charge in [0.15, 0.2) is 11.5 Å². The average Bonchev–Trinajstić information content (AvgIpc) is 2.86. The van der Waals surface area contributed by atoms with E-state index in [0.717, 1.165) is 0 Å². The molecule has 0 spiro atoms. The number of carboxylic acid groups (broad SMARTS) is 1. The molecule has 0 amide bonds. The minimum Gasteiger partial charge on any atom is -0.495 e. The van der Waals surface area contributed by atoms with Gasteiger partial charge in [-0.3, -0.25) is 4.79 Å². The van der Waals surface area contributed by atoms with Gasteiger partial charge in [-0.25, -0.2) is 4.79 Å². The van der Waals surface area contributed by atoms with E-state index in [4.69, 9.17) is 14.6 Å². The molecule has 3 rings (SSSR count). The van der Waals surface area contributed by atoms with E-state index in [1.54, 1.807) is 30.3 Å². The van der Waals surface area contributed by atoms with Gasteiger partial charge in [0, 0.05) is 0 Å². The van der Waals surface area contributed by atoms with E-state index in [1.807, 2.05) is 0 Å². The molecule has 0 radical (unpaired) electrons. The van der Waals surface area contributed by atoms with Crippen molar-refractivity contribution in [1.82, 2.24) is 0 Å². The Morgan fingerprint density at radius 2 is 1.91 bits per heavy atom. The minimum atomic E-state index is -0.999. The monoisotopic (exact) mass is 374 g/mol. The van der Waals surface area contributed by atoms with E-state index in [0.29, 0.717) is 27.1 Å². The van der Waals surface area contributed by atoms with Crippen molar-refractivity contribution in [1.29, 1.82) is 0 Å². The first-order chi connectivity index (χ1) is 11.0.